The van der Waals surface area contributed by atoms with Gasteiger partial charge in [0.1, 0.15) is 0 Å². The van der Waals surface area contributed by atoms with Gasteiger partial charge in [0.2, 0.25) is 12.3 Å². The summed E-state index contributed by atoms with van der Waals surface area (Å²) in [4.78, 5) is 19.7. The van der Waals surface area contributed by atoms with Crippen LogP contribution in [0.4, 0.5) is 0 Å². The van der Waals surface area contributed by atoms with E-state index in [1.54, 1.807) is 5.43 Å². The van der Waals surface area contributed by atoms with Crippen molar-refractivity contribution in [1.29, 1.82) is 0 Å². The van der Waals surface area contributed by atoms with Crippen LogP contribution >= 0.6 is 0 Å². The molecule has 0 aliphatic carbocycles. The molecule has 0 atom stereocenters. The second-order valence-electron chi connectivity index (χ2n) is 4.43. The summed E-state index contributed by atoms with van der Waals surface area (Å²) >= 11 is 0. The standard InChI is InChI=1S/C12H26N2O.CH4N2O/c1-2-3-4-5-6-7-8-9-10-11-12(15)14-13;2-3-1-4/h2-11,13H2,1H3,(H,14,15);1H,2H2,(H,3,4). The Morgan fingerprint density at radius 3 is 1.74 bits per heavy atom. The van der Waals surface area contributed by atoms with E-state index in [4.69, 9.17) is 10.6 Å². The van der Waals surface area contributed by atoms with Crippen molar-refractivity contribution >= 4 is 12.3 Å². The van der Waals surface area contributed by atoms with E-state index >= 15 is 0 Å². The number of hydrogen-bond donors (Lipinski definition) is 4. The van der Waals surface area contributed by atoms with Crippen LogP contribution in [0.3, 0.4) is 0 Å². The Morgan fingerprint density at radius 2 is 1.37 bits per heavy atom. The highest BCUT2D eigenvalue weighted by Crippen LogP contribution is 2.10. The molecule has 114 valence electrons. The van der Waals surface area contributed by atoms with Crippen LogP contribution in [0.5, 0.6) is 0 Å². The summed E-state index contributed by atoms with van der Waals surface area (Å²) in [5.74, 6) is 9.35. The molecule has 19 heavy (non-hydrogen) atoms. The van der Waals surface area contributed by atoms with Crippen molar-refractivity contribution in [2.75, 3.05) is 0 Å². The first-order chi connectivity index (χ1) is 9.22. The molecule has 0 rings (SSSR count). The van der Waals surface area contributed by atoms with Crippen LogP contribution in [0.2, 0.25) is 0 Å². The number of hydrazine groups is 2. The molecule has 0 bridgehead atoms. The zero-order chi connectivity index (χ0) is 14.8. The highest BCUT2D eigenvalue weighted by Gasteiger charge is 1.97. The first-order valence-corrected chi connectivity index (χ1v) is 7.12. The molecule has 6 heteroatoms. The fourth-order valence-corrected chi connectivity index (χ4v) is 1.67. The van der Waals surface area contributed by atoms with E-state index in [-0.39, 0.29) is 5.91 Å². The van der Waals surface area contributed by atoms with E-state index in [0.717, 1.165) is 12.8 Å². The highest BCUT2D eigenvalue weighted by molar-refractivity contribution is 5.74. The number of hydrogen-bond acceptors (Lipinski definition) is 4. The smallest absolute Gasteiger partial charge is 0.233 e. The summed E-state index contributed by atoms with van der Waals surface area (Å²) in [5.41, 5.74) is 3.90. The molecule has 6 N–H and O–H groups in total. The van der Waals surface area contributed by atoms with Crippen molar-refractivity contribution in [3.8, 4) is 0 Å². The van der Waals surface area contributed by atoms with E-state index in [1.165, 1.54) is 44.9 Å². The van der Waals surface area contributed by atoms with E-state index < -0.39 is 0 Å². The van der Waals surface area contributed by atoms with Gasteiger partial charge in [0.05, 0.1) is 0 Å². The van der Waals surface area contributed by atoms with Gasteiger partial charge in [-0.3, -0.25) is 20.4 Å². The summed E-state index contributed by atoms with van der Waals surface area (Å²) in [5, 5.41) is 0. The predicted molar refractivity (Wildman–Crippen MR) is 77.6 cm³/mol. The van der Waals surface area contributed by atoms with Gasteiger partial charge in [-0.25, -0.2) is 11.7 Å². The number of carbonyl (C=O) groups is 2. The van der Waals surface area contributed by atoms with Crippen molar-refractivity contribution in [3.63, 3.8) is 0 Å². The average Bonchev–Trinajstić information content (AvgIpc) is 2.45. The SMILES string of the molecule is CCCCCCCCCCCC(=O)NN.NNC=O. The number of unbranched alkanes of at least 4 members (excludes halogenated alkanes) is 8. The third-order valence-corrected chi connectivity index (χ3v) is 2.74. The van der Waals surface area contributed by atoms with Gasteiger partial charge in [-0.1, -0.05) is 58.3 Å². The number of nitrogens with one attached hydrogen (secondary N) is 2. The summed E-state index contributed by atoms with van der Waals surface area (Å²) < 4.78 is 0. The normalized spacial score (nSPS) is 9.21. The van der Waals surface area contributed by atoms with Crippen LogP contribution in [-0.2, 0) is 9.59 Å². The molecule has 0 unspecified atom stereocenters. The third kappa shape index (κ3) is 22.5. The van der Waals surface area contributed by atoms with E-state index in [0.29, 0.717) is 12.8 Å². The van der Waals surface area contributed by atoms with Gasteiger partial charge < -0.3 is 0 Å². The first kappa shape index (κ1) is 20.2. The molecule has 0 fully saturated rings. The maximum atomic E-state index is 10.8. The molecule has 0 heterocycles. The van der Waals surface area contributed by atoms with Crippen LogP contribution in [0.1, 0.15) is 71.1 Å². The van der Waals surface area contributed by atoms with Crippen molar-refractivity contribution in [2.24, 2.45) is 11.7 Å². The maximum absolute atomic E-state index is 10.8. The lowest BCUT2D eigenvalue weighted by Gasteiger charge is -2.01. The molecule has 0 aliphatic heterocycles. The molecule has 0 aromatic rings. The lowest BCUT2D eigenvalue weighted by atomic mass is 10.1. The van der Waals surface area contributed by atoms with E-state index in [2.05, 4.69) is 18.2 Å². The molecule has 0 saturated carbocycles. The van der Waals surface area contributed by atoms with Crippen molar-refractivity contribution < 1.29 is 9.59 Å². The van der Waals surface area contributed by atoms with Crippen LogP contribution in [0, 0.1) is 0 Å². The number of nitrogens with two attached hydrogens (primary N) is 2. The molecule has 0 aliphatic rings. The Balaban J connectivity index is 0. The molecule has 0 aromatic carbocycles. The Kier molecular flexibility index (Phi) is 20.4. The van der Waals surface area contributed by atoms with Gasteiger partial charge in [0.15, 0.2) is 0 Å². The minimum atomic E-state index is -0.0436. The van der Waals surface area contributed by atoms with Gasteiger partial charge in [-0.15, -0.1) is 0 Å². The molecular weight excluding hydrogens is 244 g/mol. The van der Waals surface area contributed by atoms with Gasteiger partial charge in [-0.05, 0) is 6.42 Å². The van der Waals surface area contributed by atoms with E-state index in [1.807, 2.05) is 0 Å². The topological polar surface area (TPSA) is 110 Å². The molecule has 0 saturated heterocycles. The largest absolute Gasteiger partial charge is 0.297 e. The lowest BCUT2D eigenvalue weighted by molar-refractivity contribution is -0.121. The minimum absolute atomic E-state index is 0.0436. The lowest BCUT2D eigenvalue weighted by Crippen LogP contribution is -2.29. The first-order valence-electron chi connectivity index (χ1n) is 7.12. The summed E-state index contributed by atoms with van der Waals surface area (Å²) in [6, 6.07) is 0. The number of amides is 2. The quantitative estimate of drug-likeness (QED) is 0.150. The minimum Gasteiger partial charge on any atom is -0.297 e. The molecule has 2 amide bonds. The second kappa shape index (κ2) is 19.2. The summed E-state index contributed by atoms with van der Waals surface area (Å²) in [7, 11) is 0. The van der Waals surface area contributed by atoms with Gasteiger partial charge in [-0.2, -0.15) is 0 Å². The predicted octanol–water partition coefficient (Wildman–Crippen LogP) is 1.50. The third-order valence-electron chi connectivity index (χ3n) is 2.74. The number of rotatable bonds is 11. The Bertz CT molecular complexity index is 201. The van der Waals surface area contributed by atoms with Crippen molar-refractivity contribution in [2.45, 2.75) is 71.1 Å². The Morgan fingerprint density at radius 1 is 0.947 bits per heavy atom. The molecule has 0 aromatic heterocycles. The van der Waals surface area contributed by atoms with Gasteiger partial charge in [0.25, 0.3) is 0 Å². The molecule has 0 spiro atoms. The molecular formula is C13H30N4O2. The summed E-state index contributed by atoms with van der Waals surface area (Å²) in [6.45, 7) is 2.24. The van der Waals surface area contributed by atoms with E-state index in [9.17, 15) is 4.79 Å². The fraction of sp³-hybridized carbons (Fsp3) is 0.846. The van der Waals surface area contributed by atoms with Crippen LogP contribution in [0.25, 0.3) is 0 Å². The van der Waals surface area contributed by atoms with Crippen LogP contribution < -0.4 is 22.5 Å². The summed E-state index contributed by atoms with van der Waals surface area (Å²) in [6.07, 6.45) is 12.5. The molecule has 6 nitrogen and oxygen atoms in total. The van der Waals surface area contributed by atoms with Crippen molar-refractivity contribution in [3.05, 3.63) is 0 Å². The monoisotopic (exact) mass is 274 g/mol. The Hall–Kier alpha value is -1.14. The maximum Gasteiger partial charge on any atom is 0.233 e. The second-order valence-corrected chi connectivity index (χ2v) is 4.43. The van der Waals surface area contributed by atoms with Gasteiger partial charge >= 0.3 is 0 Å². The average molecular weight is 274 g/mol. The molecule has 0 radical (unpaired) electrons. The number of carbonyl (C=O) groups excluding carboxylic acids is 2. The van der Waals surface area contributed by atoms with Gasteiger partial charge in [0, 0.05) is 6.42 Å². The zero-order valence-electron chi connectivity index (χ0n) is 12.1. The Labute approximate surface area is 116 Å². The zero-order valence-corrected chi connectivity index (χ0v) is 12.1. The fourth-order valence-electron chi connectivity index (χ4n) is 1.67. The van der Waals surface area contributed by atoms with Crippen LogP contribution in [0.15, 0.2) is 0 Å². The highest BCUT2D eigenvalue weighted by atomic mass is 16.2. The van der Waals surface area contributed by atoms with Crippen molar-refractivity contribution in [1.82, 2.24) is 10.9 Å². The van der Waals surface area contributed by atoms with Crippen LogP contribution in [-0.4, -0.2) is 12.3 Å².